The van der Waals surface area contributed by atoms with Crippen LogP contribution in [0.25, 0.3) is 22.4 Å². The number of thiophene rings is 1. The monoisotopic (exact) mass is 429 g/mol. The van der Waals surface area contributed by atoms with Gasteiger partial charge in [-0.05, 0) is 36.2 Å². The molecule has 0 fully saturated rings. The summed E-state index contributed by atoms with van der Waals surface area (Å²) in [6.45, 7) is 2.47. The van der Waals surface area contributed by atoms with Crippen LogP contribution < -0.4 is 10.2 Å². The van der Waals surface area contributed by atoms with Gasteiger partial charge in [-0.2, -0.15) is 0 Å². The maximum absolute atomic E-state index is 12.3. The summed E-state index contributed by atoms with van der Waals surface area (Å²) in [5, 5.41) is 4.86. The van der Waals surface area contributed by atoms with Gasteiger partial charge in [0, 0.05) is 60.6 Å². The van der Waals surface area contributed by atoms with E-state index in [1.54, 1.807) is 23.7 Å². The van der Waals surface area contributed by atoms with Crippen molar-refractivity contribution in [1.29, 1.82) is 0 Å². The van der Waals surface area contributed by atoms with E-state index in [4.69, 9.17) is 4.98 Å². The standard InChI is InChI=1S/C24H23N5OS/c1-16-12-20(15-31-16)23(30)26-13-17-4-6-19(7-5-17)22-21(18-8-10-25-11-9-18)14-27-24(28-22)29(2)3/h4-12,14-15H,13H2,1-3H3,(H,26,30). The van der Waals surface area contributed by atoms with Gasteiger partial charge < -0.3 is 10.2 Å². The molecule has 3 heterocycles. The second-order valence-corrected chi connectivity index (χ2v) is 8.50. The molecule has 0 unspecified atom stereocenters. The predicted molar refractivity (Wildman–Crippen MR) is 125 cm³/mol. The van der Waals surface area contributed by atoms with E-state index in [9.17, 15) is 4.79 Å². The fourth-order valence-corrected chi connectivity index (χ4v) is 3.86. The van der Waals surface area contributed by atoms with Crippen molar-refractivity contribution in [2.75, 3.05) is 19.0 Å². The fraction of sp³-hybridized carbons (Fsp3) is 0.167. The third kappa shape index (κ3) is 4.78. The summed E-state index contributed by atoms with van der Waals surface area (Å²) < 4.78 is 0. The first-order chi connectivity index (χ1) is 15.0. The molecule has 0 aliphatic carbocycles. The van der Waals surface area contributed by atoms with Crippen LogP contribution in [-0.4, -0.2) is 35.0 Å². The summed E-state index contributed by atoms with van der Waals surface area (Å²) in [6.07, 6.45) is 5.38. The zero-order valence-corrected chi connectivity index (χ0v) is 18.5. The van der Waals surface area contributed by atoms with Gasteiger partial charge in [0.2, 0.25) is 5.95 Å². The van der Waals surface area contributed by atoms with Crippen LogP contribution in [0.1, 0.15) is 20.8 Å². The van der Waals surface area contributed by atoms with Gasteiger partial charge in [0.1, 0.15) is 0 Å². The molecule has 1 N–H and O–H groups in total. The van der Waals surface area contributed by atoms with E-state index in [1.165, 1.54) is 0 Å². The minimum Gasteiger partial charge on any atom is -0.348 e. The van der Waals surface area contributed by atoms with Crippen molar-refractivity contribution in [2.24, 2.45) is 0 Å². The Morgan fingerprint density at radius 1 is 1.06 bits per heavy atom. The van der Waals surface area contributed by atoms with Crippen molar-refractivity contribution in [2.45, 2.75) is 13.5 Å². The van der Waals surface area contributed by atoms with E-state index in [0.29, 0.717) is 18.1 Å². The summed E-state index contributed by atoms with van der Waals surface area (Å²) in [5.74, 6) is 0.593. The highest BCUT2D eigenvalue weighted by molar-refractivity contribution is 7.10. The number of pyridine rings is 1. The molecular formula is C24H23N5OS. The van der Waals surface area contributed by atoms with E-state index < -0.39 is 0 Å². The minimum absolute atomic E-state index is 0.0557. The van der Waals surface area contributed by atoms with Crippen molar-refractivity contribution in [3.05, 3.63) is 82.4 Å². The molecule has 3 aromatic heterocycles. The Kier molecular flexibility index (Phi) is 6.04. The number of nitrogens with zero attached hydrogens (tertiary/aromatic N) is 4. The number of aryl methyl sites for hydroxylation is 1. The maximum Gasteiger partial charge on any atom is 0.252 e. The fourth-order valence-electron chi connectivity index (χ4n) is 3.18. The zero-order valence-electron chi connectivity index (χ0n) is 17.7. The number of carbonyl (C=O) groups excluding carboxylic acids is 1. The largest absolute Gasteiger partial charge is 0.348 e. The molecule has 6 nitrogen and oxygen atoms in total. The number of hydrogen-bond acceptors (Lipinski definition) is 6. The molecule has 31 heavy (non-hydrogen) atoms. The Labute approximate surface area is 185 Å². The highest BCUT2D eigenvalue weighted by Gasteiger charge is 2.13. The Balaban J connectivity index is 1.58. The molecule has 0 aliphatic rings. The SMILES string of the molecule is Cc1cc(C(=O)NCc2ccc(-c3nc(N(C)C)ncc3-c3ccncc3)cc2)cs1. The van der Waals surface area contributed by atoms with Crippen LogP contribution in [0.4, 0.5) is 5.95 Å². The highest BCUT2D eigenvalue weighted by atomic mass is 32.1. The van der Waals surface area contributed by atoms with Crippen LogP contribution in [0.15, 0.2) is 66.4 Å². The predicted octanol–water partition coefficient (Wildman–Crippen LogP) is 4.57. The molecule has 1 aromatic carbocycles. The van der Waals surface area contributed by atoms with Gasteiger partial charge in [-0.1, -0.05) is 24.3 Å². The van der Waals surface area contributed by atoms with Crippen LogP contribution in [0.2, 0.25) is 0 Å². The Morgan fingerprint density at radius 2 is 1.81 bits per heavy atom. The van der Waals surface area contributed by atoms with E-state index in [2.05, 4.69) is 15.3 Å². The molecule has 0 radical (unpaired) electrons. The number of aromatic nitrogens is 3. The molecule has 0 aliphatic heterocycles. The number of amides is 1. The number of anilines is 1. The lowest BCUT2D eigenvalue weighted by molar-refractivity contribution is 0.0951. The molecule has 0 atom stereocenters. The molecule has 0 bridgehead atoms. The lowest BCUT2D eigenvalue weighted by Crippen LogP contribution is -2.22. The van der Waals surface area contributed by atoms with Gasteiger partial charge >= 0.3 is 0 Å². The summed E-state index contributed by atoms with van der Waals surface area (Å²) in [5.41, 5.74) is 5.53. The molecule has 0 saturated carbocycles. The number of nitrogens with one attached hydrogen (secondary N) is 1. The highest BCUT2D eigenvalue weighted by Crippen LogP contribution is 2.31. The van der Waals surface area contributed by atoms with Crippen LogP contribution in [0, 0.1) is 6.92 Å². The molecule has 156 valence electrons. The third-order valence-electron chi connectivity index (χ3n) is 4.84. The second kappa shape index (κ2) is 9.06. The van der Waals surface area contributed by atoms with E-state index in [-0.39, 0.29) is 5.91 Å². The third-order valence-corrected chi connectivity index (χ3v) is 5.70. The number of rotatable bonds is 6. The Bertz CT molecular complexity index is 1190. The van der Waals surface area contributed by atoms with Crippen molar-refractivity contribution in [1.82, 2.24) is 20.3 Å². The van der Waals surface area contributed by atoms with Gasteiger partial charge in [-0.25, -0.2) is 9.97 Å². The first-order valence-corrected chi connectivity index (χ1v) is 10.8. The van der Waals surface area contributed by atoms with Crippen molar-refractivity contribution in [3.63, 3.8) is 0 Å². The summed E-state index contributed by atoms with van der Waals surface area (Å²) in [4.78, 5) is 28.7. The Hall–Kier alpha value is -3.58. The van der Waals surface area contributed by atoms with E-state index >= 15 is 0 Å². The second-order valence-electron chi connectivity index (χ2n) is 7.39. The molecule has 0 saturated heterocycles. The minimum atomic E-state index is -0.0557. The van der Waals surface area contributed by atoms with Gasteiger partial charge in [0.15, 0.2) is 0 Å². The first-order valence-electron chi connectivity index (χ1n) is 9.88. The van der Waals surface area contributed by atoms with Crippen molar-refractivity contribution >= 4 is 23.2 Å². The summed E-state index contributed by atoms with van der Waals surface area (Å²) in [7, 11) is 3.85. The zero-order chi connectivity index (χ0) is 21.8. The summed E-state index contributed by atoms with van der Waals surface area (Å²) in [6, 6.07) is 13.9. The van der Waals surface area contributed by atoms with Crippen LogP contribution >= 0.6 is 11.3 Å². The van der Waals surface area contributed by atoms with Crippen molar-refractivity contribution in [3.8, 4) is 22.4 Å². The maximum atomic E-state index is 12.3. The molecule has 1 amide bonds. The topological polar surface area (TPSA) is 71.0 Å². The molecule has 4 rings (SSSR count). The number of carbonyl (C=O) groups is 1. The van der Waals surface area contributed by atoms with Crippen LogP contribution in [0.5, 0.6) is 0 Å². The average Bonchev–Trinajstić information content (AvgIpc) is 3.24. The molecule has 4 aromatic rings. The smallest absolute Gasteiger partial charge is 0.252 e. The number of hydrogen-bond donors (Lipinski definition) is 1. The van der Waals surface area contributed by atoms with E-state index in [0.717, 1.165) is 32.8 Å². The quantitative estimate of drug-likeness (QED) is 0.486. The van der Waals surface area contributed by atoms with Crippen LogP contribution in [0.3, 0.4) is 0 Å². The number of benzene rings is 1. The lowest BCUT2D eigenvalue weighted by Gasteiger charge is -2.15. The molecule has 7 heteroatoms. The van der Waals surface area contributed by atoms with Gasteiger partial charge in [-0.15, -0.1) is 11.3 Å². The Morgan fingerprint density at radius 3 is 2.45 bits per heavy atom. The van der Waals surface area contributed by atoms with E-state index in [1.807, 2.05) is 80.0 Å². The summed E-state index contributed by atoms with van der Waals surface area (Å²) >= 11 is 1.58. The van der Waals surface area contributed by atoms with Gasteiger partial charge in [0.25, 0.3) is 5.91 Å². The first kappa shape index (κ1) is 20.7. The van der Waals surface area contributed by atoms with Crippen LogP contribution in [-0.2, 0) is 6.54 Å². The molecular weight excluding hydrogens is 406 g/mol. The van der Waals surface area contributed by atoms with Gasteiger partial charge in [0.05, 0.1) is 11.3 Å². The normalized spacial score (nSPS) is 10.7. The average molecular weight is 430 g/mol. The molecule has 0 spiro atoms. The lowest BCUT2D eigenvalue weighted by atomic mass is 10.0. The van der Waals surface area contributed by atoms with Crippen molar-refractivity contribution < 1.29 is 4.79 Å². The van der Waals surface area contributed by atoms with Gasteiger partial charge in [-0.3, -0.25) is 9.78 Å².